The van der Waals surface area contributed by atoms with Crippen LogP contribution in [0.5, 0.6) is 0 Å². The number of hydrogen-bond acceptors (Lipinski definition) is 7. The minimum atomic E-state index is -0.775. The summed E-state index contributed by atoms with van der Waals surface area (Å²) >= 11 is 0. The first-order valence-corrected chi connectivity index (χ1v) is 21.3. The lowest BCUT2D eigenvalue weighted by Gasteiger charge is -2.22. The first-order chi connectivity index (χ1) is 26.3. The van der Waals surface area contributed by atoms with Crippen molar-refractivity contribution >= 4 is 23.5 Å². The zero-order chi connectivity index (χ0) is 41.2. The van der Waals surface area contributed by atoms with E-state index in [1.165, 1.54) is 26.4 Å². The molecule has 0 unspecified atom stereocenters. The Balaban J connectivity index is 0.000000550. The van der Waals surface area contributed by atoms with Crippen LogP contribution in [0.3, 0.4) is 0 Å². The van der Waals surface area contributed by atoms with Crippen molar-refractivity contribution < 1.29 is 39.2 Å². The highest BCUT2D eigenvalue weighted by Gasteiger charge is 2.39. The number of hydrogen-bond donors (Lipinski definition) is 3. The van der Waals surface area contributed by atoms with Crippen molar-refractivity contribution in [2.45, 2.75) is 169 Å². The number of aliphatic carboxylic acids is 1. The van der Waals surface area contributed by atoms with E-state index >= 15 is 0 Å². The molecular weight excluding hydrogens is 693 g/mol. The number of rotatable bonds is 22. The number of carbonyl (C=O) groups is 4. The Labute approximate surface area is 333 Å². The molecule has 0 saturated heterocycles. The molecule has 2 fully saturated rings. The average molecular weight is 767 g/mol. The third-order valence-corrected chi connectivity index (χ3v) is 11.4. The summed E-state index contributed by atoms with van der Waals surface area (Å²) in [5.74, 6) is 13.6. The van der Waals surface area contributed by atoms with Gasteiger partial charge in [0.15, 0.2) is 5.78 Å². The monoisotopic (exact) mass is 767 g/mol. The second kappa shape index (κ2) is 29.1. The number of carboxylic acid groups (broad SMARTS) is 1. The molecule has 0 bridgehead atoms. The molecule has 0 heterocycles. The Kier molecular flexibility index (Phi) is 26.4. The van der Waals surface area contributed by atoms with Crippen molar-refractivity contribution in [2.75, 3.05) is 7.11 Å². The van der Waals surface area contributed by atoms with Crippen molar-refractivity contribution in [3.8, 4) is 23.7 Å². The summed E-state index contributed by atoms with van der Waals surface area (Å²) in [5, 5.41) is 29.1. The van der Waals surface area contributed by atoms with Crippen LogP contribution < -0.4 is 0 Å². The number of carbonyl (C=O) groups excluding carboxylic acids is 3. The zero-order valence-corrected chi connectivity index (χ0v) is 35.2. The van der Waals surface area contributed by atoms with Crippen molar-refractivity contribution in [2.24, 2.45) is 47.3 Å². The summed E-state index contributed by atoms with van der Waals surface area (Å²) in [4.78, 5) is 46.3. The molecule has 3 N–H and O–H groups in total. The molecule has 2 saturated carbocycles. The predicted octanol–water partition coefficient (Wildman–Crippen LogP) is 9.31. The fourth-order valence-corrected chi connectivity index (χ4v) is 7.95. The molecule has 0 radical (unpaired) electrons. The number of Topliss-reactive ketones (excluding diaryl/α,β-unsaturated/α-hetero) is 1. The molecule has 0 aliphatic heterocycles. The fraction of sp³-hybridized carbons (Fsp3) is 0.745. The summed E-state index contributed by atoms with van der Waals surface area (Å²) in [6.07, 6.45) is 20.8. The maximum atomic E-state index is 12.4. The number of allylic oxidation sites excluding steroid dienone is 2. The lowest BCUT2D eigenvalue weighted by molar-refractivity contribution is -0.141. The van der Waals surface area contributed by atoms with Crippen molar-refractivity contribution in [1.82, 2.24) is 0 Å². The Bertz CT molecular complexity index is 1330. The van der Waals surface area contributed by atoms with Crippen molar-refractivity contribution in [3.05, 3.63) is 24.3 Å². The van der Waals surface area contributed by atoms with Gasteiger partial charge < -0.3 is 20.1 Å². The van der Waals surface area contributed by atoms with Crippen LogP contribution in [0.25, 0.3) is 0 Å². The smallest absolute Gasteiger partial charge is 0.305 e. The molecule has 0 spiro atoms. The van der Waals surface area contributed by atoms with Crippen LogP contribution in [0.15, 0.2) is 24.3 Å². The minimum absolute atomic E-state index is 0.00207. The van der Waals surface area contributed by atoms with Gasteiger partial charge in [-0.25, -0.2) is 0 Å². The number of ketones is 2. The van der Waals surface area contributed by atoms with Crippen LogP contribution in [0.1, 0.15) is 157 Å². The highest BCUT2D eigenvalue weighted by molar-refractivity contribution is 5.91. The van der Waals surface area contributed by atoms with Crippen LogP contribution >= 0.6 is 0 Å². The molecule has 2 rings (SSSR count). The van der Waals surface area contributed by atoms with Crippen molar-refractivity contribution in [1.29, 1.82) is 0 Å². The summed E-state index contributed by atoms with van der Waals surface area (Å²) in [6, 6.07) is 0. The maximum absolute atomic E-state index is 12.4. The molecule has 2 aliphatic rings. The Morgan fingerprint density at radius 3 is 2.04 bits per heavy atom. The van der Waals surface area contributed by atoms with Crippen LogP contribution in [-0.2, 0) is 23.9 Å². The highest BCUT2D eigenvalue weighted by atomic mass is 16.5. The van der Waals surface area contributed by atoms with Gasteiger partial charge in [0.25, 0.3) is 0 Å². The van der Waals surface area contributed by atoms with Gasteiger partial charge in [-0.05, 0) is 67.8 Å². The van der Waals surface area contributed by atoms with Crippen LogP contribution in [0.4, 0.5) is 0 Å². The highest BCUT2D eigenvalue weighted by Crippen LogP contribution is 2.44. The topological polar surface area (TPSA) is 138 Å². The number of esters is 1. The first kappa shape index (κ1) is 49.8. The maximum Gasteiger partial charge on any atom is 0.305 e. The quantitative estimate of drug-likeness (QED) is 0.0326. The van der Waals surface area contributed by atoms with Crippen molar-refractivity contribution in [3.63, 3.8) is 0 Å². The Morgan fingerprint density at radius 1 is 0.818 bits per heavy atom. The number of ether oxygens (including phenoxy) is 1. The van der Waals surface area contributed by atoms with E-state index in [-0.39, 0.29) is 54.0 Å². The van der Waals surface area contributed by atoms with E-state index in [1.807, 2.05) is 33.8 Å². The van der Waals surface area contributed by atoms with Crippen LogP contribution in [-0.4, -0.2) is 58.1 Å². The van der Waals surface area contributed by atoms with Gasteiger partial charge in [-0.1, -0.05) is 98.3 Å². The van der Waals surface area contributed by atoms with Crippen LogP contribution in [0.2, 0.25) is 0 Å². The Morgan fingerprint density at radius 2 is 1.42 bits per heavy atom. The van der Waals surface area contributed by atoms with E-state index in [9.17, 15) is 29.4 Å². The first-order valence-electron chi connectivity index (χ1n) is 21.3. The SMILES string of the molecule is CCC#CC[C@H](C)C(=O)/C=C/[C@@H]1[C@@H](CCCCCCC(=O)OC)[C@@H](C)C[C@H]1C.CCC#CC[C@H](C)[C@H](O)/C=C/[C@H]1[C@H](O)CC(=O)[C@@H]1CCCCCCC(=O)O. The second-order valence-corrected chi connectivity index (χ2v) is 16.1. The van der Waals surface area contributed by atoms with E-state index in [1.54, 1.807) is 12.2 Å². The molecule has 2 aliphatic carbocycles. The molecule has 55 heavy (non-hydrogen) atoms. The summed E-state index contributed by atoms with van der Waals surface area (Å²) in [6.45, 7) is 12.6. The lowest BCUT2D eigenvalue weighted by Crippen LogP contribution is -2.20. The van der Waals surface area contributed by atoms with E-state index < -0.39 is 18.2 Å². The van der Waals surface area contributed by atoms with Gasteiger partial charge in [0.2, 0.25) is 0 Å². The second-order valence-electron chi connectivity index (χ2n) is 16.1. The van der Waals surface area contributed by atoms with E-state index in [0.717, 1.165) is 51.4 Å². The van der Waals surface area contributed by atoms with E-state index in [2.05, 4.69) is 48.3 Å². The normalized spacial score (nSPS) is 25.0. The third-order valence-electron chi connectivity index (χ3n) is 11.4. The number of carboxylic acids is 1. The summed E-state index contributed by atoms with van der Waals surface area (Å²) in [7, 11) is 1.45. The predicted molar refractivity (Wildman–Crippen MR) is 221 cm³/mol. The van der Waals surface area contributed by atoms with Gasteiger partial charge in [-0.15, -0.1) is 23.7 Å². The van der Waals surface area contributed by atoms with Crippen LogP contribution in [0, 0.1) is 71.0 Å². The zero-order valence-electron chi connectivity index (χ0n) is 35.2. The van der Waals surface area contributed by atoms with E-state index in [0.29, 0.717) is 55.8 Å². The molecule has 0 aromatic heterocycles. The van der Waals surface area contributed by atoms with Gasteiger partial charge in [0, 0.05) is 62.7 Å². The molecule has 10 atom stereocenters. The molecular formula is C47H74O8. The van der Waals surface area contributed by atoms with Gasteiger partial charge in [0.1, 0.15) is 5.78 Å². The summed E-state index contributed by atoms with van der Waals surface area (Å²) < 4.78 is 4.69. The minimum Gasteiger partial charge on any atom is -0.481 e. The molecule has 8 nitrogen and oxygen atoms in total. The molecule has 8 heteroatoms. The standard InChI is InChI=1S/C25H40O3.C22H34O5/c1-6-7-10-13-19(2)24(26)17-16-23-21(4)18-20(3)22(23)14-11-8-9-12-15-25(27)28-5;1-3-4-7-10-16(2)19(23)14-13-18-17(20(24)15-21(18)25)11-8-5-6-9-12-22(26)27/h16-17,19-23H,6,8-9,11-15,18H2,1-5H3;13-14,16-19,21,23,25H,3,5-6,8-12,15H2,1-2H3,(H,26,27)/b17-16+;14-13+/t19-,20-,21+,22-,23-;16-,17+,18+,19+,21+/m00/s1. The number of aliphatic hydroxyl groups is 2. The molecule has 0 aromatic carbocycles. The van der Waals surface area contributed by atoms with E-state index in [4.69, 9.17) is 5.11 Å². The summed E-state index contributed by atoms with van der Waals surface area (Å²) in [5.41, 5.74) is 0. The third kappa shape index (κ3) is 20.5. The number of methoxy groups -OCH3 is 1. The fourth-order valence-electron chi connectivity index (χ4n) is 7.95. The average Bonchev–Trinajstić information content (AvgIpc) is 3.58. The van der Waals surface area contributed by atoms with Gasteiger partial charge in [-0.2, -0.15) is 0 Å². The number of unbranched alkanes of at least 4 members (excludes halogenated alkanes) is 6. The van der Waals surface area contributed by atoms with Gasteiger partial charge >= 0.3 is 11.9 Å². The Hall–Kier alpha value is -3.20. The molecule has 0 aromatic rings. The number of aliphatic hydroxyl groups excluding tert-OH is 2. The largest absolute Gasteiger partial charge is 0.481 e. The lowest BCUT2D eigenvalue weighted by atomic mass is 9.83. The van der Waals surface area contributed by atoms with Gasteiger partial charge in [0.05, 0.1) is 19.3 Å². The van der Waals surface area contributed by atoms with Gasteiger partial charge in [-0.3, -0.25) is 19.2 Å². The molecule has 310 valence electrons. The molecule has 0 amide bonds.